The maximum Gasteiger partial charge on any atom is 0.525 e. The molecule has 2 N–H and O–H groups in total. The van der Waals surface area contributed by atoms with Crippen LogP contribution in [0.2, 0.25) is 0 Å². The number of nitrogens with one attached hydrogen (secondary N) is 1. The van der Waals surface area contributed by atoms with Gasteiger partial charge in [-0.05, 0) is 37.8 Å². The van der Waals surface area contributed by atoms with Gasteiger partial charge < -0.3 is 15.3 Å². The fourth-order valence-electron chi connectivity index (χ4n) is 3.89. The standard InChI is InChI=1S/C19H27N3O4/c1-13-10-21(26-18(24)25)11-14(2)22(13)12-16-4-6-17(7-5-16)19(8-9-19)20-15(3)23/h4-7,13-14H,8-12H2,1-3H3,(H,20,23)(H,24,25). The van der Waals surface area contributed by atoms with Gasteiger partial charge in [-0.3, -0.25) is 9.69 Å². The summed E-state index contributed by atoms with van der Waals surface area (Å²) in [6.07, 6.45) is 0.721. The van der Waals surface area contributed by atoms with E-state index in [4.69, 9.17) is 9.94 Å². The molecule has 7 heteroatoms. The molecule has 1 aliphatic carbocycles. The summed E-state index contributed by atoms with van der Waals surface area (Å²) in [6.45, 7) is 7.64. The summed E-state index contributed by atoms with van der Waals surface area (Å²) >= 11 is 0. The van der Waals surface area contributed by atoms with E-state index in [1.807, 2.05) is 0 Å². The average molecular weight is 361 g/mol. The number of benzene rings is 1. The molecule has 0 radical (unpaired) electrons. The summed E-state index contributed by atoms with van der Waals surface area (Å²) in [6, 6.07) is 8.83. The normalized spacial score (nSPS) is 25.5. The van der Waals surface area contributed by atoms with Crippen molar-refractivity contribution in [2.24, 2.45) is 0 Å². The first-order valence-electron chi connectivity index (χ1n) is 9.09. The Hall–Kier alpha value is -2.12. The van der Waals surface area contributed by atoms with Gasteiger partial charge in [0.05, 0.1) is 18.6 Å². The van der Waals surface area contributed by atoms with Crippen LogP contribution in [0.3, 0.4) is 0 Å². The first-order valence-corrected chi connectivity index (χ1v) is 9.09. The van der Waals surface area contributed by atoms with Crippen LogP contribution in [-0.4, -0.2) is 52.3 Å². The van der Waals surface area contributed by atoms with Crippen LogP contribution < -0.4 is 5.32 Å². The molecule has 0 aromatic heterocycles. The molecule has 2 unspecified atom stereocenters. The summed E-state index contributed by atoms with van der Waals surface area (Å²) in [5.74, 6) is 0.00989. The average Bonchev–Trinajstić information content (AvgIpc) is 3.31. The Kier molecular flexibility index (Phi) is 5.20. The summed E-state index contributed by atoms with van der Waals surface area (Å²) in [7, 11) is 0. The number of piperazine rings is 1. The van der Waals surface area contributed by atoms with Crippen molar-refractivity contribution in [3.8, 4) is 0 Å². The highest BCUT2D eigenvalue weighted by Crippen LogP contribution is 2.45. The summed E-state index contributed by atoms with van der Waals surface area (Å²) < 4.78 is 0. The molecule has 0 bridgehead atoms. The third kappa shape index (κ3) is 4.16. The van der Waals surface area contributed by atoms with Crippen LogP contribution in [0.15, 0.2) is 24.3 Å². The largest absolute Gasteiger partial charge is 0.525 e. The van der Waals surface area contributed by atoms with Crippen LogP contribution in [0.1, 0.15) is 44.7 Å². The van der Waals surface area contributed by atoms with Gasteiger partial charge in [-0.15, -0.1) is 5.06 Å². The lowest BCUT2D eigenvalue weighted by Gasteiger charge is -2.42. The molecule has 2 atom stereocenters. The first kappa shape index (κ1) is 18.7. The van der Waals surface area contributed by atoms with Crippen LogP contribution in [0.5, 0.6) is 0 Å². The van der Waals surface area contributed by atoms with Crippen LogP contribution in [0, 0.1) is 0 Å². The molecular weight excluding hydrogens is 334 g/mol. The number of carbonyl (C=O) groups excluding carboxylic acids is 1. The highest BCUT2D eigenvalue weighted by molar-refractivity contribution is 5.74. The Bertz CT molecular complexity index is 660. The van der Waals surface area contributed by atoms with Gasteiger partial charge >= 0.3 is 6.16 Å². The molecule has 0 spiro atoms. The van der Waals surface area contributed by atoms with Crippen molar-refractivity contribution in [3.63, 3.8) is 0 Å². The smallest absolute Gasteiger partial charge is 0.448 e. The Morgan fingerprint density at radius 1 is 1.19 bits per heavy atom. The molecule has 1 saturated heterocycles. The van der Waals surface area contributed by atoms with E-state index in [0.29, 0.717) is 13.1 Å². The van der Waals surface area contributed by atoms with Gasteiger partial charge in [-0.2, -0.15) is 0 Å². The molecule has 2 fully saturated rings. The van der Waals surface area contributed by atoms with Gasteiger partial charge in [-0.1, -0.05) is 24.3 Å². The van der Waals surface area contributed by atoms with Gasteiger partial charge in [0.2, 0.25) is 5.91 Å². The van der Waals surface area contributed by atoms with Crippen molar-refractivity contribution in [2.45, 2.75) is 57.8 Å². The molecular formula is C19H27N3O4. The number of carbonyl (C=O) groups is 2. The Morgan fingerprint density at radius 2 is 1.77 bits per heavy atom. The lowest BCUT2D eigenvalue weighted by atomic mass is 10.0. The third-order valence-corrected chi connectivity index (χ3v) is 5.31. The minimum atomic E-state index is -1.26. The maximum absolute atomic E-state index is 11.4. The monoisotopic (exact) mass is 361 g/mol. The maximum atomic E-state index is 11.4. The molecule has 2 aliphatic rings. The zero-order chi connectivity index (χ0) is 18.9. The number of hydroxylamine groups is 2. The Morgan fingerprint density at radius 3 is 2.23 bits per heavy atom. The molecule has 1 heterocycles. The molecule has 26 heavy (non-hydrogen) atoms. The SMILES string of the molecule is CC(=O)NC1(c2ccc(CN3C(C)CN(OC(=O)O)CC3C)cc2)CC1. The summed E-state index contributed by atoms with van der Waals surface area (Å²) in [5.41, 5.74) is 2.21. The predicted molar refractivity (Wildman–Crippen MR) is 96.3 cm³/mol. The van der Waals surface area contributed by atoms with Gasteiger partial charge in [0, 0.05) is 25.6 Å². The molecule has 1 aromatic carbocycles. The molecule has 1 aliphatic heterocycles. The molecule has 1 aromatic rings. The summed E-state index contributed by atoms with van der Waals surface area (Å²) in [5, 5.41) is 13.4. The second-order valence-corrected chi connectivity index (χ2v) is 7.53. The van der Waals surface area contributed by atoms with Gasteiger partial charge in [0.1, 0.15) is 0 Å². The number of hydrogen-bond acceptors (Lipinski definition) is 5. The van der Waals surface area contributed by atoms with Crippen molar-refractivity contribution in [1.82, 2.24) is 15.3 Å². The van der Waals surface area contributed by atoms with Crippen molar-refractivity contribution in [2.75, 3.05) is 13.1 Å². The number of amides is 1. The van der Waals surface area contributed by atoms with Gasteiger partial charge in [-0.25, -0.2) is 4.79 Å². The van der Waals surface area contributed by atoms with Crippen molar-refractivity contribution in [3.05, 3.63) is 35.4 Å². The minimum absolute atomic E-state index is 0.00989. The molecule has 7 nitrogen and oxygen atoms in total. The number of hydrogen-bond donors (Lipinski definition) is 2. The number of nitrogens with zero attached hydrogens (tertiary/aromatic N) is 2. The quantitative estimate of drug-likeness (QED) is 0.838. The van der Waals surface area contributed by atoms with Gasteiger partial charge in [0.25, 0.3) is 0 Å². The highest BCUT2D eigenvalue weighted by atomic mass is 16.8. The second-order valence-electron chi connectivity index (χ2n) is 7.53. The Labute approximate surface area is 153 Å². The summed E-state index contributed by atoms with van der Waals surface area (Å²) in [4.78, 5) is 29.3. The van der Waals surface area contributed by atoms with E-state index in [9.17, 15) is 9.59 Å². The van der Waals surface area contributed by atoms with E-state index < -0.39 is 6.16 Å². The topological polar surface area (TPSA) is 82.1 Å². The van der Waals surface area contributed by atoms with Crippen LogP contribution in [0.25, 0.3) is 0 Å². The van der Waals surface area contributed by atoms with E-state index >= 15 is 0 Å². The van der Waals surface area contributed by atoms with E-state index in [1.165, 1.54) is 10.6 Å². The van der Waals surface area contributed by atoms with Crippen LogP contribution in [-0.2, 0) is 21.7 Å². The zero-order valence-electron chi connectivity index (χ0n) is 15.6. The van der Waals surface area contributed by atoms with Crippen molar-refractivity contribution < 1.29 is 19.5 Å². The van der Waals surface area contributed by atoms with E-state index in [0.717, 1.165) is 24.9 Å². The number of rotatable bonds is 5. The Balaban J connectivity index is 1.62. The first-order chi connectivity index (χ1) is 12.3. The fourth-order valence-corrected chi connectivity index (χ4v) is 3.89. The van der Waals surface area contributed by atoms with Crippen molar-refractivity contribution >= 4 is 12.1 Å². The van der Waals surface area contributed by atoms with E-state index in [-0.39, 0.29) is 23.5 Å². The van der Waals surface area contributed by atoms with Crippen molar-refractivity contribution in [1.29, 1.82) is 0 Å². The number of carboxylic acid groups (broad SMARTS) is 1. The van der Waals surface area contributed by atoms with Gasteiger partial charge in [0.15, 0.2) is 0 Å². The minimum Gasteiger partial charge on any atom is -0.448 e. The van der Waals surface area contributed by atoms with Crippen LogP contribution in [0.4, 0.5) is 4.79 Å². The lowest BCUT2D eigenvalue weighted by molar-refractivity contribution is -0.163. The lowest BCUT2D eigenvalue weighted by Crippen LogP contribution is -2.56. The predicted octanol–water partition coefficient (Wildman–Crippen LogP) is 2.32. The third-order valence-electron chi connectivity index (χ3n) is 5.31. The fraction of sp³-hybridized carbons (Fsp3) is 0.579. The molecule has 1 saturated carbocycles. The zero-order valence-corrected chi connectivity index (χ0v) is 15.6. The van der Waals surface area contributed by atoms with E-state index in [2.05, 4.69) is 48.3 Å². The highest BCUT2D eigenvalue weighted by Gasteiger charge is 2.45. The molecule has 3 rings (SSSR count). The molecule has 1 amide bonds. The van der Waals surface area contributed by atoms with E-state index in [1.54, 1.807) is 6.92 Å². The molecule has 142 valence electrons. The van der Waals surface area contributed by atoms with Crippen LogP contribution >= 0.6 is 0 Å². The second kappa shape index (κ2) is 7.25.